The molecule has 0 saturated carbocycles. The Hall–Kier alpha value is -3.73. The number of hydrogen-bond acceptors (Lipinski definition) is 7. The van der Waals surface area contributed by atoms with Gasteiger partial charge < -0.3 is 18.9 Å². The molecule has 11 heteroatoms. The fourth-order valence-corrected chi connectivity index (χ4v) is 4.90. The summed E-state index contributed by atoms with van der Waals surface area (Å²) in [6.45, 7) is 2.26. The highest BCUT2D eigenvalue weighted by atomic mass is 16.7. The van der Waals surface area contributed by atoms with Crippen molar-refractivity contribution < 1.29 is 18.9 Å². The third-order valence-electron chi connectivity index (χ3n) is 6.71. The van der Waals surface area contributed by atoms with Crippen LogP contribution in [0.1, 0.15) is 22.9 Å². The fourth-order valence-electron chi connectivity index (χ4n) is 4.90. The molecule has 3 aromatic rings. The van der Waals surface area contributed by atoms with Crippen LogP contribution in [-0.4, -0.2) is 46.6 Å². The van der Waals surface area contributed by atoms with Crippen molar-refractivity contribution >= 4 is 0 Å². The zero-order chi connectivity index (χ0) is 25.8. The van der Waals surface area contributed by atoms with Crippen molar-refractivity contribution in [1.29, 1.82) is 0 Å². The SMILES string of the molecule is Cc1cn([C@@H]2O[C@@]3(COCc4ccccc4)[C@@H](CN=[N+]=[N-])OC2[C@@H]3OCc2ccccc2)c(=O)[nH]c1=O. The summed E-state index contributed by atoms with van der Waals surface area (Å²) >= 11 is 0. The van der Waals surface area contributed by atoms with E-state index >= 15 is 0 Å². The molecule has 2 saturated heterocycles. The van der Waals surface area contributed by atoms with Gasteiger partial charge in [-0.1, -0.05) is 65.8 Å². The number of hydrogen-bond donors (Lipinski definition) is 1. The highest BCUT2D eigenvalue weighted by molar-refractivity contribution is 5.18. The maximum atomic E-state index is 12.7. The van der Waals surface area contributed by atoms with Crippen LogP contribution in [0.15, 0.2) is 81.6 Å². The Labute approximate surface area is 212 Å². The lowest BCUT2D eigenvalue weighted by molar-refractivity contribution is -0.228. The highest BCUT2D eigenvalue weighted by Gasteiger charge is 2.68. The number of aryl methyl sites for hydroxylation is 1. The third kappa shape index (κ3) is 4.95. The number of nitrogens with one attached hydrogen (secondary N) is 1. The van der Waals surface area contributed by atoms with Gasteiger partial charge in [0.25, 0.3) is 5.56 Å². The van der Waals surface area contributed by atoms with Gasteiger partial charge in [-0.05, 0) is 23.6 Å². The van der Waals surface area contributed by atoms with Crippen molar-refractivity contribution in [3.05, 3.63) is 115 Å². The first-order valence-corrected chi connectivity index (χ1v) is 12.0. The molecule has 0 amide bonds. The van der Waals surface area contributed by atoms with E-state index in [0.717, 1.165) is 11.1 Å². The maximum Gasteiger partial charge on any atom is 0.330 e. The number of ether oxygens (including phenoxy) is 4. The number of nitrogens with zero attached hydrogens (tertiary/aromatic N) is 4. The molecule has 2 aliphatic heterocycles. The average Bonchev–Trinajstić information content (AvgIpc) is 3.38. The minimum Gasteiger partial charge on any atom is -0.374 e. The van der Waals surface area contributed by atoms with E-state index in [1.54, 1.807) is 6.92 Å². The molecular weight excluding hydrogens is 478 g/mol. The van der Waals surface area contributed by atoms with E-state index in [-0.39, 0.29) is 19.8 Å². The quantitative estimate of drug-likeness (QED) is 0.255. The minimum atomic E-state index is -1.17. The van der Waals surface area contributed by atoms with Crippen LogP contribution >= 0.6 is 0 Å². The summed E-state index contributed by atoms with van der Waals surface area (Å²) in [4.78, 5) is 29.9. The zero-order valence-electron chi connectivity index (χ0n) is 20.2. The molecule has 1 aromatic heterocycles. The summed E-state index contributed by atoms with van der Waals surface area (Å²) in [5.41, 5.74) is 8.99. The van der Waals surface area contributed by atoms with E-state index in [1.807, 2.05) is 60.7 Å². The van der Waals surface area contributed by atoms with Gasteiger partial charge in [0.2, 0.25) is 0 Å². The smallest absolute Gasteiger partial charge is 0.330 e. The third-order valence-corrected chi connectivity index (χ3v) is 6.71. The molecule has 2 fully saturated rings. The van der Waals surface area contributed by atoms with Crippen molar-refractivity contribution in [3.8, 4) is 0 Å². The second-order valence-electron chi connectivity index (χ2n) is 9.14. The van der Waals surface area contributed by atoms with Crippen LogP contribution in [0.3, 0.4) is 0 Å². The Balaban J connectivity index is 1.48. The predicted octanol–water partition coefficient (Wildman–Crippen LogP) is 2.99. The molecule has 1 N–H and O–H groups in total. The van der Waals surface area contributed by atoms with Gasteiger partial charge in [-0.15, -0.1) is 0 Å². The van der Waals surface area contributed by atoms with Gasteiger partial charge >= 0.3 is 5.69 Å². The molecule has 1 unspecified atom stereocenters. The molecule has 5 rings (SSSR count). The first-order chi connectivity index (χ1) is 18.0. The molecular formula is C26H27N5O6. The van der Waals surface area contributed by atoms with Gasteiger partial charge in [0.05, 0.1) is 32.5 Å². The van der Waals surface area contributed by atoms with Gasteiger partial charge in [-0.2, -0.15) is 0 Å². The van der Waals surface area contributed by atoms with Crippen molar-refractivity contribution in [2.45, 2.75) is 50.3 Å². The molecule has 0 aliphatic carbocycles. The van der Waals surface area contributed by atoms with Crippen LogP contribution in [0.5, 0.6) is 0 Å². The highest BCUT2D eigenvalue weighted by Crippen LogP contribution is 2.50. The Kier molecular flexibility index (Phi) is 7.22. The number of aromatic nitrogens is 2. The van der Waals surface area contributed by atoms with Crippen LogP contribution < -0.4 is 11.2 Å². The molecule has 2 bridgehead atoms. The predicted molar refractivity (Wildman–Crippen MR) is 133 cm³/mol. The first-order valence-electron chi connectivity index (χ1n) is 12.0. The fraction of sp³-hybridized carbons (Fsp3) is 0.385. The summed E-state index contributed by atoms with van der Waals surface area (Å²) in [6, 6.07) is 19.3. The van der Waals surface area contributed by atoms with Crippen molar-refractivity contribution in [3.63, 3.8) is 0 Å². The molecule has 0 spiro atoms. The lowest BCUT2D eigenvalue weighted by Gasteiger charge is -2.37. The van der Waals surface area contributed by atoms with Gasteiger partial charge in [-0.3, -0.25) is 14.3 Å². The van der Waals surface area contributed by atoms with Crippen LogP contribution in [-0.2, 0) is 32.2 Å². The first kappa shape index (κ1) is 24.9. The summed E-state index contributed by atoms with van der Waals surface area (Å²) in [7, 11) is 0. The number of fused-ring (bicyclic) bond motifs is 2. The van der Waals surface area contributed by atoms with E-state index in [0.29, 0.717) is 12.2 Å². The van der Waals surface area contributed by atoms with Crippen LogP contribution in [0.25, 0.3) is 10.4 Å². The molecule has 0 radical (unpaired) electrons. The summed E-state index contributed by atoms with van der Waals surface area (Å²) in [6.07, 6.45) is -1.46. The molecule has 11 nitrogen and oxygen atoms in total. The Morgan fingerprint density at radius 2 is 1.76 bits per heavy atom. The summed E-state index contributed by atoms with van der Waals surface area (Å²) < 4.78 is 26.7. The van der Waals surface area contributed by atoms with Crippen LogP contribution in [0, 0.1) is 6.92 Å². The molecule has 2 aromatic carbocycles. The van der Waals surface area contributed by atoms with Crippen molar-refractivity contribution in [1.82, 2.24) is 9.55 Å². The monoisotopic (exact) mass is 505 g/mol. The summed E-state index contributed by atoms with van der Waals surface area (Å²) in [5.74, 6) is 0. The minimum absolute atomic E-state index is 0.000830. The van der Waals surface area contributed by atoms with E-state index in [4.69, 9.17) is 24.5 Å². The van der Waals surface area contributed by atoms with E-state index in [2.05, 4.69) is 15.0 Å². The maximum absolute atomic E-state index is 12.7. The number of aromatic amines is 1. The van der Waals surface area contributed by atoms with Crippen LogP contribution in [0.2, 0.25) is 0 Å². The van der Waals surface area contributed by atoms with E-state index in [1.165, 1.54) is 10.8 Å². The van der Waals surface area contributed by atoms with Gasteiger partial charge in [0, 0.05) is 16.7 Å². The Morgan fingerprint density at radius 1 is 1.08 bits per heavy atom. The average molecular weight is 506 g/mol. The topological polar surface area (TPSA) is 141 Å². The Bertz CT molecular complexity index is 1390. The number of azide groups is 1. The van der Waals surface area contributed by atoms with E-state index < -0.39 is 41.4 Å². The zero-order valence-corrected chi connectivity index (χ0v) is 20.2. The molecule has 37 heavy (non-hydrogen) atoms. The number of benzene rings is 2. The van der Waals surface area contributed by atoms with Crippen molar-refractivity contribution in [2.75, 3.05) is 13.2 Å². The second kappa shape index (κ2) is 10.7. The number of H-pyrrole nitrogens is 1. The molecule has 2 aliphatic rings. The lowest BCUT2D eigenvalue weighted by Crippen LogP contribution is -2.53. The van der Waals surface area contributed by atoms with Gasteiger partial charge in [-0.25, -0.2) is 4.79 Å². The van der Waals surface area contributed by atoms with Gasteiger partial charge in [0.1, 0.15) is 17.8 Å². The summed E-state index contributed by atoms with van der Waals surface area (Å²) in [5, 5.41) is 3.73. The lowest BCUT2D eigenvalue weighted by atomic mass is 9.93. The molecule has 3 heterocycles. The second-order valence-corrected chi connectivity index (χ2v) is 9.14. The standard InChI is InChI=1S/C26H27N5O6/c1-17-13-31(25(33)29-23(17)32)24-21-22(35-15-19-10-6-3-7-11-19)26(37-24,20(36-21)12-28-30-27)16-34-14-18-8-4-2-5-9-18/h2-11,13,20-22,24H,12,14-16H2,1H3,(H,29,32,33)/t20-,21?,22+,24-,26+/m1/s1. The molecule has 192 valence electrons. The van der Waals surface area contributed by atoms with E-state index in [9.17, 15) is 9.59 Å². The largest absolute Gasteiger partial charge is 0.374 e. The normalized spacial score (nSPS) is 26.2. The van der Waals surface area contributed by atoms with Gasteiger partial charge in [0.15, 0.2) is 6.23 Å². The van der Waals surface area contributed by atoms with Crippen LogP contribution in [0.4, 0.5) is 0 Å². The van der Waals surface area contributed by atoms with Crippen molar-refractivity contribution in [2.24, 2.45) is 5.11 Å². The molecule has 5 atom stereocenters. The Morgan fingerprint density at radius 3 is 2.43 bits per heavy atom. The number of rotatable bonds is 10.